The fourth-order valence-corrected chi connectivity index (χ4v) is 2.46. The minimum Gasteiger partial charge on any atom is -0.383 e. The summed E-state index contributed by atoms with van der Waals surface area (Å²) in [4.78, 5) is 4.20. The number of rotatable bonds is 9. The van der Waals surface area contributed by atoms with E-state index in [9.17, 15) is 4.39 Å². The average molecular weight is 358 g/mol. The molecule has 26 heavy (non-hydrogen) atoms. The molecule has 0 unspecified atom stereocenters. The molecule has 0 aromatic heterocycles. The van der Waals surface area contributed by atoms with Crippen molar-refractivity contribution in [2.45, 2.75) is 13.0 Å². The van der Waals surface area contributed by atoms with Crippen LogP contribution < -0.4 is 16.0 Å². The van der Waals surface area contributed by atoms with E-state index in [4.69, 9.17) is 4.74 Å². The van der Waals surface area contributed by atoms with Crippen LogP contribution in [0.25, 0.3) is 0 Å². The Morgan fingerprint density at radius 3 is 2.50 bits per heavy atom. The molecule has 0 radical (unpaired) electrons. The largest absolute Gasteiger partial charge is 0.383 e. The Labute approximate surface area is 154 Å². The first-order valence-corrected chi connectivity index (χ1v) is 8.72. The van der Waals surface area contributed by atoms with E-state index in [0.29, 0.717) is 37.6 Å². The molecule has 0 saturated heterocycles. The van der Waals surface area contributed by atoms with Crippen LogP contribution in [0.3, 0.4) is 0 Å². The molecule has 0 amide bonds. The maximum absolute atomic E-state index is 13.6. The van der Waals surface area contributed by atoms with E-state index in [0.717, 1.165) is 17.8 Å². The molecule has 5 nitrogen and oxygen atoms in total. The standard InChI is InChI=1S/C20H27FN4O/c1-22-20(24-12-11-17-5-3-4-6-19(17)21)25-15-16-7-9-18(10-8-16)23-13-14-26-2/h3-10,23H,11-15H2,1-2H3,(H2,22,24,25). The Bertz CT molecular complexity index is 688. The lowest BCUT2D eigenvalue weighted by molar-refractivity contribution is 0.211. The summed E-state index contributed by atoms with van der Waals surface area (Å²) in [6.45, 7) is 2.74. The second-order valence-electron chi connectivity index (χ2n) is 5.81. The Kier molecular flexibility index (Phi) is 8.42. The molecule has 0 bridgehead atoms. The van der Waals surface area contributed by atoms with Crippen molar-refractivity contribution in [3.63, 3.8) is 0 Å². The van der Waals surface area contributed by atoms with Crippen molar-refractivity contribution in [2.24, 2.45) is 4.99 Å². The average Bonchev–Trinajstić information content (AvgIpc) is 2.67. The smallest absolute Gasteiger partial charge is 0.191 e. The second-order valence-corrected chi connectivity index (χ2v) is 5.81. The van der Waals surface area contributed by atoms with E-state index >= 15 is 0 Å². The predicted molar refractivity (Wildman–Crippen MR) is 105 cm³/mol. The van der Waals surface area contributed by atoms with Crippen molar-refractivity contribution < 1.29 is 9.13 Å². The quantitative estimate of drug-likeness (QED) is 0.367. The summed E-state index contributed by atoms with van der Waals surface area (Å²) >= 11 is 0. The Balaban J connectivity index is 1.73. The number of aliphatic imine (C=N–C) groups is 1. The molecule has 2 rings (SSSR count). The molecular formula is C20H27FN4O. The molecule has 0 aliphatic rings. The third-order valence-corrected chi connectivity index (χ3v) is 3.92. The number of ether oxygens (including phenoxy) is 1. The number of hydrogen-bond donors (Lipinski definition) is 3. The fourth-order valence-electron chi connectivity index (χ4n) is 2.46. The Morgan fingerprint density at radius 2 is 1.81 bits per heavy atom. The van der Waals surface area contributed by atoms with Gasteiger partial charge in [0.05, 0.1) is 6.61 Å². The molecule has 3 N–H and O–H groups in total. The van der Waals surface area contributed by atoms with Gasteiger partial charge < -0.3 is 20.7 Å². The van der Waals surface area contributed by atoms with Crippen LogP contribution in [0, 0.1) is 5.82 Å². The molecule has 0 fully saturated rings. The van der Waals surface area contributed by atoms with Gasteiger partial charge in [-0.2, -0.15) is 0 Å². The Hall–Kier alpha value is -2.60. The lowest BCUT2D eigenvalue weighted by Gasteiger charge is -2.13. The number of halogens is 1. The monoisotopic (exact) mass is 358 g/mol. The lowest BCUT2D eigenvalue weighted by atomic mass is 10.1. The van der Waals surface area contributed by atoms with Gasteiger partial charge in [0, 0.05) is 39.5 Å². The molecular weight excluding hydrogens is 331 g/mol. The van der Waals surface area contributed by atoms with Gasteiger partial charge in [-0.05, 0) is 35.7 Å². The van der Waals surface area contributed by atoms with Crippen molar-refractivity contribution in [1.29, 1.82) is 0 Å². The molecule has 2 aromatic carbocycles. The molecule has 2 aromatic rings. The van der Waals surface area contributed by atoms with Crippen LogP contribution in [0.2, 0.25) is 0 Å². The first-order chi connectivity index (χ1) is 12.7. The summed E-state index contributed by atoms with van der Waals surface area (Å²) in [5.41, 5.74) is 2.92. The van der Waals surface area contributed by atoms with Gasteiger partial charge in [-0.3, -0.25) is 4.99 Å². The second kappa shape index (κ2) is 11.1. The SMILES string of the molecule is CN=C(NCCc1ccccc1F)NCc1ccc(NCCOC)cc1. The number of benzene rings is 2. The number of nitrogens with zero attached hydrogens (tertiary/aromatic N) is 1. The van der Waals surface area contributed by atoms with Crippen LogP contribution in [0.1, 0.15) is 11.1 Å². The predicted octanol–water partition coefficient (Wildman–Crippen LogP) is 2.79. The maximum Gasteiger partial charge on any atom is 0.191 e. The summed E-state index contributed by atoms with van der Waals surface area (Å²) in [6.07, 6.45) is 0.606. The van der Waals surface area contributed by atoms with E-state index in [1.54, 1.807) is 26.3 Å². The highest BCUT2D eigenvalue weighted by Gasteiger charge is 2.02. The molecule has 0 heterocycles. The zero-order valence-electron chi connectivity index (χ0n) is 15.4. The van der Waals surface area contributed by atoms with Gasteiger partial charge in [0.2, 0.25) is 0 Å². The summed E-state index contributed by atoms with van der Waals surface area (Å²) in [5, 5.41) is 9.75. The first kappa shape index (κ1) is 19.7. The number of guanidine groups is 1. The highest BCUT2D eigenvalue weighted by Crippen LogP contribution is 2.09. The van der Waals surface area contributed by atoms with E-state index in [1.165, 1.54) is 6.07 Å². The van der Waals surface area contributed by atoms with Gasteiger partial charge >= 0.3 is 0 Å². The van der Waals surface area contributed by atoms with Gasteiger partial charge in [-0.25, -0.2) is 4.39 Å². The van der Waals surface area contributed by atoms with Crippen molar-refractivity contribution in [1.82, 2.24) is 10.6 Å². The molecule has 0 aliphatic heterocycles. The minimum atomic E-state index is -0.170. The summed E-state index contributed by atoms with van der Waals surface area (Å²) < 4.78 is 18.6. The molecule has 0 atom stereocenters. The van der Waals surface area contributed by atoms with Crippen molar-refractivity contribution in [3.05, 3.63) is 65.5 Å². The van der Waals surface area contributed by atoms with Gasteiger partial charge in [0.25, 0.3) is 0 Å². The highest BCUT2D eigenvalue weighted by atomic mass is 19.1. The maximum atomic E-state index is 13.6. The molecule has 0 spiro atoms. The number of hydrogen-bond acceptors (Lipinski definition) is 3. The van der Waals surface area contributed by atoms with Crippen LogP contribution in [0.15, 0.2) is 53.5 Å². The zero-order valence-corrected chi connectivity index (χ0v) is 15.4. The topological polar surface area (TPSA) is 57.7 Å². The van der Waals surface area contributed by atoms with E-state index in [1.807, 2.05) is 18.2 Å². The zero-order chi connectivity index (χ0) is 18.6. The van der Waals surface area contributed by atoms with E-state index in [-0.39, 0.29) is 5.82 Å². The third-order valence-electron chi connectivity index (χ3n) is 3.92. The summed E-state index contributed by atoms with van der Waals surface area (Å²) in [7, 11) is 3.41. The van der Waals surface area contributed by atoms with Crippen LogP contribution in [0.4, 0.5) is 10.1 Å². The van der Waals surface area contributed by atoms with Crippen molar-refractivity contribution >= 4 is 11.6 Å². The van der Waals surface area contributed by atoms with Crippen molar-refractivity contribution in [2.75, 3.05) is 39.2 Å². The summed E-state index contributed by atoms with van der Waals surface area (Å²) in [6, 6.07) is 15.0. The van der Waals surface area contributed by atoms with Crippen LogP contribution in [-0.2, 0) is 17.7 Å². The van der Waals surface area contributed by atoms with Crippen LogP contribution in [0.5, 0.6) is 0 Å². The number of anilines is 1. The van der Waals surface area contributed by atoms with Gasteiger partial charge in [0.15, 0.2) is 5.96 Å². The minimum absolute atomic E-state index is 0.170. The van der Waals surface area contributed by atoms with E-state index in [2.05, 4.69) is 33.1 Å². The molecule has 6 heteroatoms. The van der Waals surface area contributed by atoms with Crippen LogP contribution >= 0.6 is 0 Å². The Morgan fingerprint density at radius 1 is 1.04 bits per heavy atom. The first-order valence-electron chi connectivity index (χ1n) is 8.72. The fraction of sp³-hybridized carbons (Fsp3) is 0.350. The van der Waals surface area contributed by atoms with Crippen LogP contribution in [-0.4, -0.2) is 39.8 Å². The van der Waals surface area contributed by atoms with E-state index < -0.39 is 0 Å². The number of methoxy groups -OCH3 is 1. The van der Waals surface area contributed by atoms with Gasteiger partial charge in [-0.15, -0.1) is 0 Å². The molecule has 140 valence electrons. The molecule has 0 aliphatic carbocycles. The van der Waals surface area contributed by atoms with Gasteiger partial charge in [-0.1, -0.05) is 30.3 Å². The molecule has 0 saturated carbocycles. The van der Waals surface area contributed by atoms with Gasteiger partial charge in [0.1, 0.15) is 5.82 Å². The summed E-state index contributed by atoms with van der Waals surface area (Å²) in [5.74, 6) is 0.528. The highest BCUT2D eigenvalue weighted by molar-refractivity contribution is 5.79. The van der Waals surface area contributed by atoms with Crippen molar-refractivity contribution in [3.8, 4) is 0 Å². The lowest BCUT2D eigenvalue weighted by Crippen LogP contribution is -2.37. The third kappa shape index (κ3) is 6.72. The normalized spacial score (nSPS) is 11.3. The number of nitrogens with one attached hydrogen (secondary N) is 3.